The van der Waals surface area contributed by atoms with Gasteiger partial charge in [-0.15, -0.1) is 11.3 Å². The minimum absolute atomic E-state index is 0.162. The van der Waals surface area contributed by atoms with Crippen LogP contribution in [0.3, 0.4) is 0 Å². The summed E-state index contributed by atoms with van der Waals surface area (Å²) in [5.41, 5.74) is 2.61. The van der Waals surface area contributed by atoms with Crippen LogP contribution in [0.1, 0.15) is 23.3 Å². The van der Waals surface area contributed by atoms with Crippen LogP contribution in [-0.4, -0.2) is 49.1 Å². The van der Waals surface area contributed by atoms with Crippen molar-refractivity contribution in [1.82, 2.24) is 9.80 Å². The molecule has 5 heteroatoms. The molecule has 25 heavy (non-hydrogen) atoms. The largest absolute Gasteiger partial charge is 0.369 e. The number of anilines is 1. The van der Waals surface area contributed by atoms with E-state index in [1.54, 1.807) is 12.1 Å². The standard InChI is InChI=1S/C20H26FN3S/c21-18-3-5-19(6-4-18)24-11-9-23(10-12-24)15-20-13-17(16-25-20)14-22-7-1-2-8-22/h3-6,13,16H,1-2,7-12,14-15H2. The average Bonchev–Trinajstić information content (AvgIpc) is 3.29. The molecular weight excluding hydrogens is 333 g/mol. The Morgan fingerprint density at radius 1 is 0.840 bits per heavy atom. The second-order valence-electron chi connectivity index (χ2n) is 7.14. The van der Waals surface area contributed by atoms with E-state index in [1.165, 1.54) is 36.4 Å². The van der Waals surface area contributed by atoms with Gasteiger partial charge >= 0.3 is 0 Å². The van der Waals surface area contributed by atoms with Crippen molar-refractivity contribution in [2.24, 2.45) is 0 Å². The van der Waals surface area contributed by atoms with Crippen molar-refractivity contribution in [3.05, 3.63) is 52.0 Å². The predicted octanol–water partition coefficient (Wildman–Crippen LogP) is 3.81. The molecule has 0 atom stereocenters. The van der Waals surface area contributed by atoms with Crippen LogP contribution in [0.15, 0.2) is 35.7 Å². The van der Waals surface area contributed by atoms with Gasteiger partial charge < -0.3 is 4.90 Å². The number of piperazine rings is 1. The molecular formula is C20H26FN3S. The zero-order valence-corrected chi connectivity index (χ0v) is 15.5. The summed E-state index contributed by atoms with van der Waals surface area (Å²) < 4.78 is 13.1. The molecule has 0 spiro atoms. The van der Waals surface area contributed by atoms with Crippen LogP contribution >= 0.6 is 11.3 Å². The van der Waals surface area contributed by atoms with Crippen LogP contribution < -0.4 is 4.90 Å². The van der Waals surface area contributed by atoms with Gasteiger partial charge in [0, 0.05) is 49.8 Å². The van der Waals surface area contributed by atoms with Crippen molar-refractivity contribution in [2.45, 2.75) is 25.9 Å². The van der Waals surface area contributed by atoms with E-state index in [2.05, 4.69) is 26.1 Å². The Bertz CT molecular complexity index is 671. The van der Waals surface area contributed by atoms with Gasteiger partial charge in [-0.3, -0.25) is 9.80 Å². The van der Waals surface area contributed by atoms with E-state index in [9.17, 15) is 4.39 Å². The molecule has 1 aromatic carbocycles. The second kappa shape index (κ2) is 7.85. The smallest absolute Gasteiger partial charge is 0.123 e. The lowest BCUT2D eigenvalue weighted by Gasteiger charge is -2.35. The normalized spacial score (nSPS) is 19.6. The van der Waals surface area contributed by atoms with Crippen LogP contribution in [0.25, 0.3) is 0 Å². The van der Waals surface area contributed by atoms with Gasteiger partial charge in [0.1, 0.15) is 5.82 Å². The third-order valence-electron chi connectivity index (χ3n) is 5.26. The summed E-state index contributed by atoms with van der Waals surface area (Å²) in [6.45, 7) is 8.85. The van der Waals surface area contributed by atoms with Crippen LogP contribution in [0, 0.1) is 5.82 Å². The summed E-state index contributed by atoms with van der Waals surface area (Å²) in [6, 6.07) is 9.27. The lowest BCUT2D eigenvalue weighted by atomic mass is 10.2. The number of halogens is 1. The molecule has 3 nitrogen and oxygen atoms in total. The molecule has 0 amide bonds. The van der Waals surface area contributed by atoms with Gasteiger partial charge in [0.15, 0.2) is 0 Å². The van der Waals surface area contributed by atoms with Crippen molar-refractivity contribution in [2.75, 3.05) is 44.2 Å². The van der Waals surface area contributed by atoms with Crippen molar-refractivity contribution in [3.63, 3.8) is 0 Å². The zero-order chi connectivity index (χ0) is 17.1. The highest BCUT2D eigenvalue weighted by molar-refractivity contribution is 7.10. The van der Waals surface area contributed by atoms with Crippen LogP contribution in [0.2, 0.25) is 0 Å². The monoisotopic (exact) mass is 359 g/mol. The first-order valence-electron chi connectivity index (χ1n) is 9.28. The minimum Gasteiger partial charge on any atom is -0.369 e. The molecule has 2 saturated heterocycles. The molecule has 3 heterocycles. The zero-order valence-electron chi connectivity index (χ0n) is 14.7. The summed E-state index contributed by atoms with van der Waals surface area (Å²) in [5, 5.41) is 2.34. The Kier molecular flexibility index (Phi) is 5.34. The quantitative estimate of drug-likeness (QED) is 0.804. The Balaban J connectivity index is 1.27. The Hall–Kier alpha value is -1.43. The maximum Gasteiger partial charge on any atom is 0.123 e. The topological polar surface area (TPSA) is 9.72 Å². The molecule has 0 saturated carbocycles. The number of thiophene rings is 1. The van der Waals surface area contributed by atoms with Gasteiger partial charge in [0.25, 0.3) is 0 Å². The molecule has 1 aromatic heterocycles. The Labute approximate surface area is 153 Å². The lowest BCUT2D eigenvalue weighted by molar-refractivity contribution is 0.252. The summed E-state index contributed by atoms with van der Waals surface area (Å²) in [4.78, 5) is 8.92. The molecule has 2 aliphatic rings. The number of nitrogens with zero attached hydrogens (tertiary/aromatic N) is 3. The molecule has 2 fully saturated rings. The van der Waals surface area contributed by atoms with Crippen LogP contribution in [0.5, 0.6) is 0 Å². The molecule has 0 bridgehead atoms. The van der Waals surface area contributed by atoms with Gasteiger partial charge in [0.2, 0.25) is 0 Å². The van der Waals surface area contributed by atoms with Gasteiger partial charge in [-0.2, -0.15) is 0 Å². The van der Waals surface area contributed by atoms with E-state index < -0.39 is 0 Å². The summed E-state index contributed by atoms with van der Waals surface area (Å²) in [6.07, 6.45) is 2.71. The van der Waals surface area contributed by atoms with Gasteiger partial charge in [0.05, 0.1) is 0 Å². The number of rotatable bonds is 5. The molecule has 0 unspecified atom stereocenters. The predicted molar refractivity (Wildman–Crippen MR) is 103 cm³/mol. The minimum atomic E-state index is -0.162. The summed E-state index contributed by atoms with van der Waals surface area (Å²) in [7, 11) is 0. The van der Waals surface area contributed by atoms with Crippen molar-refractivity contribution >= 4 is 17.0 Å². The first-order valence-corrected chi connectivity index (χ1v) is 10.2. The van der Waals surface area contributed by atoms with Crippen LogP contribution in [0.4, 0.5) is 10.1 Å². The van der Waals surface area contributed by atoms with E-state index in [1.807, 2.05) is 23.5 Å². The van der Waals surface area contributed by atoms with Gasteiger partial charge in [-0.25, -0.2) is 4.39 Å². The van der Waals surface area contributed by atoms with Gasteiger partial charge in [-0.05, 0) is 67.2 Å². The molecule has 0 aliphatic carbocycles. The third-order valence-corrected chi connectivity index (χ3v) is 6.23. The third kappa shape index (κ3) is 4.40. The summed E-state index contributed by atoms with van der Waals surface area (Å²) in [5.74, 6) is -0.162. The van der Waals surface area contributed by atoms with Crippen molar-refractivity contribution in [1.29, 1.82) is 0 Å². The highest BCUT2D eigenvalue weighted by Crippen LogP contribution is 2.22. The van der Waals surface area contributed by atoms with E-state index in [0.717, 1.165) is 45.0 Å². The fourth-order valence-electron chi connectivity index (χ4n) is 3.83. The second-order valence-corrected chi connectivity index (χ2v) is 8.14. The van der Waals surface area contributed by atoms with Gasteiger partial charge in [-0.1, -0.05) is 0 Å². The maximum absolute atomic E-state index is 13.1. The summed E-state index contributed by atoms with van der Waals surface area (Å²) >= 11 is 1.90. The first kappa shape index (κ1) is 17.0. The fourth-order valence-corrected chi connectivity index (χ4v) is 4.75. The SMILES string of the molecule is Fc1ccc(N2CCN(Cc3cc(CN4CCCC4)cs3)CC2)cc1. The molecule has 2 aromatic rings. The number of likely N-dealkylation sites (tertiary alicyclic amines) is 1. The molecule has 4 rings (SSSR count). The maximum atomic E-state index is 13.1. The van der Waals surface area contributed by atoms with E-state index >= 15 is 0 Å². The number of benzene rings is 1. The highest BCUT2D eigenvalue weighted by atomic mass is 32.1. The van der Waals surface area contributed by atoms with Crippen LogP contribution in [-0.2, 0) is 13.1 Å². The van der Waals surface area contributed by atoms with E-state index in [4.69, 9.17) is 0 Å². The Morgan fingerprint density at radius 3 is 2.24 bits per heavy atom. The molecule has 2 aliphatic heterocycles. The Morgan fingerprint density at radius 2 is 1.52 bits per heavy atom. The van der Waals surface area contributed by atoms with E-state index in [-0.39, 0.29) is 5.82 Å². The highest BCUT2D eigenvalue weighted by Gasteiger charge is 2.18. The molecule has 0 N–H and O–H groups in total. The molecule has 134 valence electrons. The van der Waals surface area contributed by atoms with E-state index in [0.29, 0.717) is 0 Å². The lowest BCUT2D eigenvalue weighted by Crippen LogP contribution is -2.45. The average molecular weight is 360 g/mol. The fraction of sp³-hybridized carbons (Fsp3) is 0.500. The number of hydrogen-bond acceptors (Lipinski definition) is 4. The van der Waals surface area contributed by atoms with Crippen molar-refractivity contribution in [3.8, 4) is 0 Å². The van der Waals surface area contributed by atoms with Crippen molar-refractivity contribution < 1.29 is 4.39 Å². The number of hydrogen-bond donors (Lipinski definition) is 0. The first-order chi connectivity index (χ1) is 12.3. The molecule has 0 radical (unpaired) electrons.